The molecule has 5 aliphatic carbocycles. The molecule has 1 heterocycles. The summed E-state index contributed by atoms with van der Waals surface area (Å²) in [6, 6.07) is 10.7. The molecule has 5 saturated carbocycles. The van der Waals surface area contributed by atoms with Gasteiger partial charge in [-0.15, -0.1) is 0 Å². The first kappa shape index (κ1) is 21.4. The van der Waals surface area contributed by atoms with Gasteiger partial charge in [-0.05, 0) is 107 Å². The molecule has 2 bridgehead atoms. The van der Waals surface area contributed by atoms with E-state index in [2.05, 4.69) is 35.6 Å². The molecule has 5 aliphatic rings. The van der Waals surface area contributed by atoms with Gasteiger partial charge < -0.3 is 15.8 Å². The number of carbonyl (C=O) groups is 1. The van der Waals surface area contributed by atoms with Crippen LogP contribution in [0.15, 0.2) is 30.3 Å². The van der Waals surface area contributed by atoms with Gasteiger partial charge in [0.25, 0.3) is 0 Å². The molecule has 0 radical (unpaired) electrons. The van der Waals surface area contributed by atoms with Crippen LogP contribution in [-0.2, 0) is 11.3 Å². The lowest BCUT2D eigenvalue weighted by molar-refractivity contribution is -0.134. The Morgan fingerprint density at radius 3 is 2.33 bits per heavy atom. The Morgan fingerprint density at radius 1 is 0.970 bits per heavy atom. The summed E-state index contributed by atoms with van der Waals surface area (Å²) < 4.78 is 6.37. The minimum Gasteiger partial charge on any atom is -0.490 e. The number of hydrogen-bond acceptors (Lipinski definition) is 4. The molecule has 0 aliphatic heterocycles. The predicted molar refractivity (Wildman–Crippen MR) is 130 cm³/mol. The first-order valence-corrected chi connectivity index (χ1v) is 13.1. The van der Waals surface area contributed by atoms with Crippen molar-refractivity contribution in [3.8, 4) is 5.75 Å². The molecular formula is C28H37N3O2. The third-order valence-electron chi connectivity index (χ3n) is 9.84. The summed E-state index contributed by atoms with van der Waals surface area (Å²) in [7, 11) is 0. The monoisotopic (exact) mass is 447 g/mol. The highest BCUT2D eigenvalue weighted by Gasteiger charge is 2.51. The van der Waals surface area contributed by atoms with E-state index in [4.69, 9.17) is 15.5 Å². The van der Waals surface area contributed by atoms with Crippen LogP contribution in [0.1, 0.15) is 89.2 Å². The maximum Gasteiger partial charge on any atom is 0.223 e. The molecule has 2 aromatic rings. The summed E-state index contributed by atoms with van der Waals surface area (Å²) in [5.41, 5.74) is 8.38. The number of nitrogens with two attached hydrogens (primary N) is 1. The van der Waals surface area contributed by atoms with Gasteiger partial charge >= 0.3 is 0 Å². The molecule has 5 heteroatoms. The van der Waals surface area contributed by atoms with Crippen LogP contribution < -0.4 is 15.8 Å². The first-order valence-electron chi connectivity index (χ1n) is 13.1. The Bertz CT molecular complexity index is 1030. The molecule has 1 spiro atoms. The van der Waals surface area contributed by atoms with E-state index in [1.165, 1.54) is 44.9 Å². The average molecular weight is 448 g/mol. The second kappa shape index (κ2) is 7.97. The lowest BCUT2D eigenvalue weighted by Gasteiger charge is -2.52. The zero-order valence-corrected chi connectivity index (χ0v) is 19.7. The number of fused-ring (bicyclic) bond motifs is 4. The number of rotatable bonds is 6. The molecule has 5 nitrogen and oxygen atoms in total. The number of primary amides is 1. The Morgan fingerprint density at radius 2 is 1.70 bits per heavy atom. The molecule has 176 valence electrons. The lowest BCUT2D eigenvalue weighted by atomic mass is 9.57. The van der Waals surface area contributed by atoms with Crippen molar-refractivity contribution in [1.29, 1.82) is 0 Å². The van der Waals surface area contributed by atoms with Crippen LogP contribution in [0, 0.1) is 10.8 Å². The van der Waals surface area contributed by atoms with Crippen LogP contribution in [0.5, 0.6) is 5.75 Å². The van der Waals surface area contributed by atoms with Gasteiger partial charge in [-0.3, -0.25) is 9.78 Å². The van der Waals surface area contributed by atoms with E-state index in [1.54, 1.807) is 0 Å². The Labute approximate surface area is 196 Å². The van der Waals surface area contributed by atoms with E-state index < -0.39 is 0 Å². The van der Waals surface area contributed by atoms with E-state index in [-0.39, 0.29) is 16.9 Å². The third-order valence-corrected chi connectivity index (χ3v) is 9.84. The molecule has 1 aromatic carbocycles. The van der Waals surface area contributed by atoms with Crippen molar-refractivity contribution in [1.82, 2.24) is 10.3 Å². The molecule has 0 atom stereocenters. The summed E-state index contributed by atoms with van der Waals surface area (Å²) in [6.45, 7) is 0.765. The highest BCUT2D eigenvalue weighted by Crippen LogP contribution is 2.53. The largest absolute Gasteiger partial charge is 0.490 e. The third kappa shape index (κ3) is 3.92. The number of amides is 1. The van der Waals surface area contributed by atoms with Crippen molar-refractivity contribution in [3.63, 3.8) is 0 Å². The van der Waals surface area contributed by atoms with Crippen LogP contribution in [0.4, 0.5) is 0 Å². The summed E-state index contributed by atoms with van der Waals surface area (Å²) >= 11 is 0. The number of nitrogens with one attached hydrogen (secondary N) is 1. The van der Waals surface area contributed by atoms with Crippen molar-refractivity contribution < 1.29 is 9.53 Å². The van der Waals surface area contributed by atoms with Gasteiger partial charge in [0, 0.05) is 22.9 Å². The van der Waals surface area contributed by atoms with Gasteiger partial charge in [-0.2, -0.15) is 0 Å². The topological polar surface area (TPSA) is 77.2 Å². The smallest absolute Gasteiger partial charge is 0.223 e. The van der Waals surface area contributed by atoms with Crippen LogP contribution in [-0.4, -0.2) is 22.5 Å². The Balaban J connectivity index is 1.07. The molecular weight excluding hydrogens is 410 g/mol. The summed E-state index contributed by atoms with van der Waals surface area (Å²) in [6.07, 6.45) is 15.6. The average Bonchev–Trinajstić information content (AvgIpc) is 2.83. The van der Waals surface area contributed by atoms with Gasteiger partial charge in [0.2, 0.25) is 5.91 Å². The molecule has 1 aromatic heterocycles. The normalized spacial score (nSPS) is 30.9. The minimum absolute atomic E-state index is 0.0962. The van der Waals surface area contributed by atoms with Gasteiger partial charge in [0.1, 0.15) is 5.75 Å². The van der Waals surface area contributed by atoms with E-state index in [0.29, 0.717) is 11.5 Å². The second-order valence-electron chi connectivity index (χ2n) is 11.6. The number of pyridine rings is 1. The number of nitrogens with zero attached hydrogens (tertiary/aromatic N) is 1. The fourth-order valence-electron chi connectivity index (χ4n) is 7.11. The highest BCUT2D eigenvalue weighted by molar-refractivity contribution is 5.81. The quantitative estimate of drug-likeness (QED) is 0.622. The first-order chi connectivity index (χ1) is 16.0. The van der Waals surface area contributed by atoms with E-state index in [1.807, 2.05) is 0 Å². The Kier molecular flexibility index (Phi) is 5.17. The van der Waals surface area contributed by atoms with E-state index >= 15 is 0 Å². The number of benzene rings is 1. The molecule has 5 fully saturated rings. The fourth-order valence-corrected chi connectivity index (χ4v) is 7.11. The summed E-state index contributed by atoms with van der Waals surface area (Å²) in [4.78, 5) is 16.8. The molecule has 33 heavy (non-hydrogen) atoms. The lowest BCUT2D eigenvalue weighted by Crippen LogP contribution is -2.57. The summed E-state index contributed by atoms with van der Waals surface area (Å²) in [5, 5.41) is 4.94. The van der Waals surface area contributed by atoms with Crippen LogP contribution in [0.25, 0.3) is 10.9 Å². The second-order valence-corrected chi connectivity index (χ2v) is 11.6. The van der Waals surface area contributed by atoms with Crippen LogP contribution in [0.2, 0.25) is 0 Å². The van der Waals surface area contributed by atoms with Crippen LogP contribution in [0.3, 0.4) is 0 Å². The molecule has 0 saturated heterocycles. The highest BCUT2D eigenvalue weighted by atomic mass is 16.5. The minimum atomic E-state index is -0.235. The zero-order chi connectivity index (χ0) is 22.5. The number of hydrogen-bond donors (Lipinski definition) is 2. The molecule has 7 rings (SSSR count). The number of aromatic nitrogens is 1. The van der Waals surface area contributed by atoms with Gasteiger partial charge in [-0.1, -0.05) is 12.5 Å². The van der Waals surface area contributed by atoms with Crippen LogP contribution >= 0.6 is 0 Å². The number of carbonyl (C=O) groups excluding carboxylic acids is 1. The zero-order valence-electron chi connectivity index (χ0n) is 19.7. The van der Waals surface area contributed by atoms with Crippen molar-refractivity contribution in [2.24, 2.45) is 16.6 Å². The molecule has 3 N–H and O–H groups in total. The standard InChI is InChI=1S/C28H37N3O2/c29-25(32)27-12-15-28(16-13-27,17-14-27)30-19-21-3-2-20-18-23(4-5-24(20)31-21)33-22-6-10-26(11-7-22)8-1-9-26/h2-5,18,22,30H,1,6-17,19H2,(H2,29,32). The van der Waals surface area contributed by atoms with E-state index in [9.17, 15) is 4.79 Å². The maximum absolute atomic E-state index is 11.9. The van der Waals surface area contributed by atoms with Crippen molar-refractivity contribution in [2.75, 3.05) is 0 Å². The fraction of sp³-hybridized carbons (Fsp3) is 0.643. The van der Waals surface area contributed by atoms with Crippen molar-refractivity contribution >= 4 is 16.8 Å². The van der Waals surface area contributed by atoms with Gasteiger partial charge in [-0.25, -0.2) is 0 Å². The maximum atomic E-state index is 11.9. The summed E-state index contributed by atoms with van der Waals surface area (Å²) in [5.74, 6) is 0.882. The SMILES string of the molecule is NC(=O)C12CCC(NCc3ccc4cc(OC5CCC6(CCC6)CC5)ccc4n3)(CC1)CC2. The molecule has 1 amide bonds. The van der Waals surface area contributed by atoms with Crippen molar-refractivity contribution in [3.05, 3.63) is 36.0 Å². The number of ether oxygens (including phenoxy) is 1. The van der Waals surface area contributed by atoms with E-state index in [0.717, 1.165) is 67.4 Å². The predicted octanol–water partition coefficient (Wildman–Crippen LogP) is 5.39. The van der Waals surface area contributed by atoms with Gasteiger partial charge in [0.15, 0.2) is 0 Å². The molecule has 0 unspecified atom stereocenters. The Hall–Kier alpha value is -2.14. The van der Waals surface area contributed by atoms with Crippen molar-refractivity contribution in [2.45, 2.75) is 102 Å². The van der Waals surface area contributed by atoms with Gasteiger partial charge in [0.05, 0.1) is 17.3 Å².